The molecule has 26 heavy (non-hydrogen) atoms. The van der Waals surface area contributed by atoms with Crippen molar-refractivity contribution in [3.8, 4) is 17.2 Å². The van der Waals surface area contributed by atoms with E-state index in [1.54, 1.807) is 24.3 Å². The van der Waals surface area contributed by atoms with Gasteiger partial charge in [0.2, 0.25) is 0 Å². The second-order valence-corrected chi connectivity index (χ2v) is 5.26. The number of carbonyl (C=O) groups excluding carboxylic acids is 1. The van der Waals surface area contributed by atoms with Crippen molar-refractivity contribution in [1.82, 2.24) is 5.32 Å². The highest BCUT2D eigenvalue weighted by molar-refractivity contribution is 6.02. The number of benzene rings is 2. The number of fused-ring (bicyclic) bond motifs is 1. The van der Waals surface area contributed by atoms with Gasteiger partial charge in [-0.3, -0.25) is 9.59 Å². The van der Waals surface area contributed by atoms with Gasteiger partial charge >= 0.3 is 11.6 Å². The molecule has 3 N–H and O–H groups in total. The van der Waals surface area contributed by atoms with E-state index in [0.717, 1.165) is 0 Å². The molecule has 0 bridgehead atoms. The van der Waals surface area contributed by atoms with Crippen LogP contribution in [0, 0.1) is 0 Å². The molecule has 3 rings (SSSR count). The second kappa shape index (κ2) is 6.98. The molecule has 0 radical (unpaired) electrons. The number of hydrogen-bond donors (Lipinski definition) is 3. The van der Waals surface area contributed by atoms with Gasteiger partial charge in [0.15, 0.2) is 5.56 Å². The van der Waals surface area contributed by atoms with Crippen molar-refractivity contribution in [1.29, 1.82) is 0 Å². The maximum absolute atomic E-state index is 12.0. The van der Waals surface area contributed by atoms with Crippen molar-refractivity contribution < 1.29 is 29.0 Å². The maximum atomic E-state index is 12.0. The first-order chi connectivity index (χ1) is 12.5. The molecule has 8 nitrogen and oxygen atoms in total. The molecular formula is C18H13NO7. The van der Waals surface area contributed by atoms with E-state index in [2.05, 4.69) is 0 Å². The van der Waals surface area contributed by atoms with Gasteiger partial charge in [0.1, 0.15) is 29.4 Å². The summed E-state index contributed by atoms with van der Waals surface area (Å²) < 4.78 is 10.7. The minimum atomic E-state index is -1.29. The van der Waals surface area contributed by atoms with Crippen LogP contribution in [-0.4, -0.2) is 28.6 Å². The van der Waals surface area contributed by atoms with Crippen LogP contribution >= 0.6 is 0 Å². The number of nitrogens with one attached hydrogen (secondary N) is 1. The molecule has 0 aliphatic carbocycles. The summed E-state index contributed by atoms with van der Waals surface area (Å²) in [4.78, 5) is 34.5. The fraction of sp³-hybridized carbons (Fsp3) is 0.0556. The number of aromatic hydroxyl groups is 1. The number of ether oxygens (including phenoxy) is 1. The monoisotopic (exact) mass is 355 g/mol. The van der Waals surface area contributed by atoms with Crippen LogP contribution in [0.15, 0.2) is 57.7 Å². The number of carboxylic acid groups (broad SMARTS) is 1. The largest absolute Gasteiger partial charge is 0.506 e. The quantitative estimate of drug-likeness (QED) is 0.598. The van der Waals surface area contributed by atoms with Crippen LogP contribution in [0.3, 0.4) is 0 Å². The minimum absolute atomic E-state index is 0.0238. The summed E-state index contributed by atoms with van der Waals surface area (Å²) in [5.74, 6) is -1.97. The average molecular weight is 355 g/mol. The number of para-hydroxylation sites is 1. The Morgan fingerprint density at radius 2 is 1.81 bits per heavy atom. The highest BCUT2D eigenvalue weighted by Crippen LogP contribution is 2.31. The molecule has 0 spiro atoms. The van der Waals surface area contributed by atoms with Gasteiger partial charge in [-0.1, -0.05) is 18.2 Å². The topological polar surface area (TPSA) is 126 Å². The van der Waals surface area contributed by atoms with Crippen LogP contribution in [0.1, 0.15) is 10.4 Å². The number of aliphatic carboxylic acids is 1. The molecule has 0 saturated heterocycles. The summed E-state index contributed by atoms with van der Waals surface area (Å²) in [7, 11) is 0. The molecule has 0 aliphatic rings. The first-order valence-electron chi connectivity index (χ1n) is 7.48. The Balaban J connectivity index is 1.97. The summed E-state index contributed by atoms with van der Waals surface area (Å²) >= 11 is 0. The number of hydrogen-bond acceptors (Lipinski definition) is 6. The SMILES string of the molecule is O=C(O)CNC(=O)c1c(O)c2ccc(Oc3ccccc3)cc2oc1=O. The predicted octanol–water partition coefficient (Wildman–Crippen LogP) is 2.11. The molecule has 0 fully saturated rings. The van der Waals surface area contributed by atoms with E-state index in [4.69, 9.17) is 14.3 Å². The zero-order valence-corrected chi connectivity index (χ0v) is 13.3. The Hall–Kier alpha value is -3.81. The highest BCUT2D eigenvalue weighted by atomic mass is 16.5. The molecule has 1 amide bonds. The van der Waals surface area contributed by atoms with E-state index in [9.17, 15) is 19.5 Å². The zero-order valence-electron chi connectivity index (χ0n) is 13.3. The molecule has 8 heteroatoms. The van der Waals surface area contributed by atoms with Gasteiger partial charge in [0, 0.05) is 6.07 Å². The van der Waals surface area contributed by atoms with Crippen LogP contribution in [0.5, 0.6) is 17.2 Å². The lowest BCUT2D eigenvalue weighted by Crippen LogP contribution is -2.32. The smallest absolute Gasteiger partial charge is 0.353 e. The summed E-state index contributed by atoms with van der Waals surface area (Å²) in [6.45, 7) is -0.695. The molecule has 0 saturated carbocycles. The molecule has 1 aromatic heterocycles. The maximum Gasteiger partial charge on any atom is 0.353 e. The lowest BCUT2D eigenvalue weighted by atomic mass is 10.1. The van der Waals surface area contributed by atoms with Crippen LogP contribution in [0.25, 0.3) is 11.0 Å². The molecule has 0 unspecified atom stereocenters. The van der Waals surface area contributed by atoms with Crippen molar-refractivity contribution in [2.75, 3.05) is 6.54 Å². The lowest BCUT2D eigenvalue weighted by molar-refractivity contribution is -0.135. The Kier molecular flexibility index (Phi) is 4.57. The van der Waals surface area contributed by atoms with E-state index in [-0.39, 0.29) is 11.0 Å². The first kappa shape index (κ1) is 17.0. The summed E-state index contributed by atoms with van der Waals surface area (Å²) in [6, 6.07) is 13.3. The molecule has 0 aliphatic heterocycles. The molecular weight excluding hydrogens is 342 g/mol. The fourth-order valence-electron chi connectivity index (χ4n) is 2.30. The minimum Gasteiger partial charge on any atom is -0.506 e. The predicted molar refractivity (Wildman–Crippen MR) is 90.6 cm³/mol. The van der Waals surface area contributed by atoms with E-state index in [1.165, 1.54) is 18.2 Å². The van der Waals surface area contributed by atoms with Crippen molar-refractivity contribution in [2.24, 2.45) is 0 Å². The number of rotatable bonds is 5. The van der Waals surface area contributed by atoms with Gasteiger partial charge in [-0.25, -0.2) is 4.79 Å². The summed E-state index contributed by atoms with van der Waals surface area (Å²) in [5, 5.41) is 20.9. The third kappa shape index (κ3) is 3.48. The van der Waals surface area contributed by atoms with Gasteiger partial charge in [-0.2, -0.15) is 0 Å². The van der Waals surface area contributed by atoms with E-state index in [1.807, 2.05) is 11.4 Å². The Labute approximate surface area is 146 Å². The Morgan fingerprint density at radius 1 is 1.08 bits per heavy atom. The lowest BCUT2D eigenvalue weighted by Gasteiger charge is -2.09. The number of carboxylic acids is 1. The first-order valence-corrected chi connectivity index (χ1v) is 7.48. The third-order valence-electron chi connectivity index (χ3n) is 3.46. The molecule has 3 aromatic rings. The molecule has 132 valence electrons. The third-order valence-corrected chi connectivity index (χ3v) is 3.46. The van der Waals surface area contributed by atoms with Crippen LogP contribution in [0.2, 0.25) is 0 Å². The fourth-order valence-corrected chi connectivity index (χ4v) is 2.30. The average Bonchev–Trinajstić information content (AvgIpc) is 2.60. The summed E-state index contributed by atoms with van der Waals surface area (Å²) in [5.41, 5.74) is -1.72. The number of amides is 1. The van der Waals surface area contributed by atoms with Gasteiger partial charge in [-0.05, 0) is 24.3 Å². The van der Waals surface area contributed by atoms with Crippen molar-refractivity contribution >= 4 is 22.8 Å². The van der Waals surface area contributed by atoms with Crippen LogP contribution in [0.4, 0.5) is 0 Å². The van der Waals surface area contributed by atoms with Gasteiger partial charge < -0.3 is 24.7 Å². The Bertz CT molecular complexity index is 1040. The number of carbonyl (C=O) groups is 2. The summed E-state index contributed by atoms with van der Waals surface area (Å²) in [6.07, 6.45) is 0. The van der Waals surface area contributed by atoms with Crippen molar-refractivity contribution in [3.63, 3.8) is 0 Å². The van der Waals surface area contributed by atoms with E-state index >= 15 is 0 Å². The second-order valence-electron chi connectivity index (χ2n) is 5.26. The zero-order chi connectivity index (χ0) is 18.7. The standard InChI is InChI=1S/C18H13NO7/c20-14(21)9-19-17(23)15-16(22)12-7-6-11(8-13(12)26-18(15)24)25-10-4-2-1-3-5-10/h1-8,22H,9H2,(H,19,23)(H,20,21). The highest BCUT2D eigenvalue weighted by Gasteiger charge is 2.21. The van der Waals surface area contributed by atoms with Crippen LogP contribution < -0.4 is 15.7 Å². The van der Waals surface area contributed by atoms with Crippen LogP contribution in [-0.2, 0) is 4.79 Å². The molecule has 1 heterocycles. The normalized spacial score (nSPS) is 10.5. The van der Waals surface area contributed by atoms with E-state index in [0.29, 0.717) is 11.5 Å². The van der Waals surface area contributed by atoms with E-state index < -0.39 is 35.4 Å². The molecule has 2 aromatic carbocycles. The van der Waals surface area contributed by atoms with Gasteiger partial charge in [0.05, 0.1) is 5.39 Å². The van der Waals surface area contributed by atoms with Crippen molar-refractivity contribution in [2.45, 2.75) is 0 Å². The van der Waals surface area contributed by atoms with Crippen molar-refractivity contribution in [3.05, 3.63) is 64.5 Å². The Morgan fingerprint density at radius 3 is 2.50 bits per heavy atom. The van der Waals surface area contributed by atoms with Gasteiger partial charge in [0.25, 0.3) is 5.91 Å². The van der Waals surface area contributed by atoms with Gasteiger partial charge in [-0.15, -0.1) is 0 Å². The molecule has 0 atom stereocenters.